The van der Waals surface area contributed by atoms with E-state index >= 15 is 0 Å². The molecule has 1 atom stereocenters. The van der Waals surface area contributed by atoms with E-state index in [0.717, 1.165) is 42.5 Å². The maximum atomic E-state index is 11.4. The Labute approximate surface area is 102 Å². The van der Waals surface area contributed by atoms with E-state index in [1.54, 1.807) is 0 Å². The molecule has 0 saturated carbocycles. The number of anilines is 1. The van der Waals surface area contributed by atoms with Crippen molar-refractivity contribution in [2.45, 2.75) is 45.1 Å². The molecule has 1 aromatic rings. The number of nitrogens with one attached hydrogen (secondary N) is 1. The van der Waals surface area contributed by atoms with E-state index in [4.69, 9.17) is 0 Å². The summed E-state index contributed by atoms with van der Waals surface area (Å²) in [6, 6.07) is 5.85. The minimum absolute atomic E-state index is 0.0885. The number of carbonyl (C=O) groups is 1. The van der Waals surface area contributed by atoms with Gasteiger partial charge in [0.2, 0.25) is 5.91 Å². The van der Waals surface area contributed by atoms with Gasteiger partial charge in [-0.15, -0.1) is 0 Å². The number of hydrogen-bond acceptors (Lipinski definition) is 2. The molecule has 2 rings (SSSR count). The van der Waals surface area contributed by atoms with Gasteiger partial charge in [-0.2, -0.15) is 0 Å². The van der Waals surface area contributed by atoms with Gasteiger partial charge in [0.1, 0.15) is 0 Å². The normalized spacial score (nSPS) is 16.9. The Balaban J connectivity index is 2.24. The number of aliphatic hydroxyl groups is 1. The van der Waals surface area contributed by atoms with E-state index in [9.17, 15) is 9.90 Å². The first-order valence-corrected chi connectivity index (χ1v) is 6.31. The molecule has 1 amide bonds. The van der Waals surface area contributed by atoms with Crippen LogP contribution >= 0.6 is 0 Å². The highest BCUT2D eigenvalue weighted by Crippen LogP contribution is 2.27. The summed E-state index contributed by atoms with van der Waals surface area (Å²) >= 11 is 0. The zero-order chi connectivity index (χ0) is 12.3. The molecule has 0 aliphatic carbocycles. The fourth-order valence-corrected chi connectivity index (χ4v) is 2.24. The van der Waals surface area contributed by atoms with Crippen molar-refractivity contribution < 1.29 is 9.90 Å². The van der Waals surface area contributed by atoms with Crippen LogP contribution in [0.3, 0.4) is 0 Å². The van der Waals surface area contributed by atoms with Crippen LogP contribution in [-0.2, 0) is 11.2 Å². The van der Waals surface area contributed by atoms with Crippen molar-refractivity contribution in [1.82, 2.24) is 0 Å². The van der Waals surface area contributed by atoms with Gasteiger partial charge in [0.25, 0.3) is 0 Å². The molecule has 3 heteroatoms. The summed E-state index contributed by atoms with van der Waals surface area (Å²) in [4.78, 5) is 11.4. The second kappa shape index (κ2) is 5.32. The van der Waals surface area contributed by atoms with Gasteiger partial charge in [0.05, 0.1) is 6.10 Å². The Hall–Kier alpha value is -1.35. The molecular weight excluding hydrogens is 214 g/mol. The molecule has 1 aromatic carbocycles. The van der Waals surface area contributed by atoms with Crippen molar-refractivity contribution in [3.05, 3.63) is 29.3 Å². The predicted molar refractivity (Wildman–Crippen MR) is 67.9 cm³/mol. The maximum absolute atomic E-state index is 11.4. The average molecular weight is 233 g/mol. The number of carbonyl (C=O) groups excluding carboxylic acids is 1. The Morgan fingerprint density at radius 2 is 2.24 bits per heavy atom. The fourth-order valence-electron chi connectivity index (χ4n) is 2.24. The summed E-state index contributed by atoms with van der Waals surface area (Å²) in [5.74, 6) is 0.0885. The minimum atomic E-state index is -0.385. The first kappa shape index (κ1) is 12.1. The van der Waals surface area contributed by atoms with Gasteiger partial charge in [-0.25, -0.2) is 0 Å². The number of amides is 1. The van der Waals surface area contributed by atoms with Crippen LogP contribution in [0.2, 0.25) is 0 Å². The lowest BCUT2D eigenvalue weighted by atomic mass is 9.99. The summed E-state index contributed by atoms with van der Waals surface area (Å²) in [5.41, 5.74) is 3.00. The van der Waals surface area contributed by atoms with Crippen molar-refractivity contribution in [2.24, 2.45) is 0 Å². The molecule has 1 heterocycles. The number of benzene rings is 1. The van der Waals surface area contributed by atoms with Crippen LogP contribution in [0.4, 0.5) is 5.69 Å². The molecule has 0 bridgehead atoms. The number of rotatable bonds is 3. The van der Waals surface area contributed by atoms with E-state index in [1.807, 2.05) is 18.2 Å². The van der Waals surface area contributed by atoms with Gasteiger partial charge in [-0.3, -0.25) is 4.79 Å². The first-order chi connectivity index (χ1) is 8.20. The van der Waals surface area contributed by atoms with Gasteiger partial charge in [-0.05, 0) is 36.5 Å². The van der Waals surface area contributed by atoms with Crippen molar-refractivity contribution in [3.63, 3.8) is 0 Å². The van der Waals surface area contributed by atoms with Crippen molar-refractivity contribution in [2.75, 3.05) is 5.32 Å². The van der Waals surface area contributed by atoms with E-state index < -0.39 is 0 Å². The highest BCUT2D eigenvalue weighted by molar-refractivity contribution is 5.92. The summed E-state index contributed by atoms with van der Waals surface area (Å²) < 4.78 is 0. The van der Waals surface area contributed by atoms with Crippen LogP contribution in [0.15, 0.2) is 18.2 Å². The summed E-state index contributed by atoms with van der Waals surface area (Å²) in [6.45, 7) is 2.06. The molecule has 3 nitrogen and oxygen atoms in total. The molecule has 0 radical (unpaired) electrons. The van der Waals surface area contributed by atoms with Crippen LogP contribution in [-0.4, -0.2) is 11.0 Å². The molecule has 1 unspecified atom stereocenters. The maximum Gasteiger partial charge on any atom is 0.224 e. The number of hydrogen-bond donors (Lipinski definition) is 2. The van der Waals surface area contributed by atoms with Gasteiger partial charge in [0, 0.05) is 12.1 Å². The van der Waals surface area contributed by atoms with E-state index in [-0.39, 0.29) is 12.0 Å². The third-order valence-corrected chi connectivity index (χ3v) is 3.20. The number of aryl methyl sites for hydroxylation is 1. The van der Waals surface area contributed by atoms with Gasteiger partial charge < -0.3 is 10.4 Å². The number of aliphatic hydroxyl groups excluding tert-OH is 1. The zero-order valence-corrected chi connectivity index (χ0v) is 10.2. The zero-order valence-electron chi connectivity index (χ0n) is 10.2. The highest BCUT2D eigenvalue weighted by Gasteiger charge is 2.14. The van der Waals surface area contributed by atoms with Gasteiger partial charge >= 0.3 is 0 Å². The Morgan fingerprint density at radius 3 is 3.00 bits per heavy atom. The van der Waals surface area contributed by atoms with Crippen LogP contribution in [0, 0.1) is 0 Å². The second-order valence-electron chi connectivity index (χ2n) is 4.62. The molecule has 1 aliphatic heterocycles. The van der Waals surface area contributed by atoms with E-state index in [1.165, 1.54) is 0 Å². The largest absolute Gasteiger partial charge is 0.388 e. The van der Waals surface area contributed by atoms with Crippen molar-refractivity contribution in [3.8, 4) is 0 Å². The molecule has 1 aliphatic rings. The van der Waals surface area contributed by atoms with Crippen LogP contribution in [0.25, 0.3) is 0 Å². The van der Waals surface area contributed by atoms with E-state index in [2.05, 4.69) is 12.2 Å². The third kappa shape index (κ3) is 2.86. The smallest absolute Gasteiger partial charge is 0.224 e. The van der Waals surface area contributed by atoms with E-state index in [0.29, 0.717) is 6.42 Å². The SMILES string of the molecule is CCCC(O)c1ccc2c(c1)CCCC(=O)N2. The molecule has 0 aromatic heterocycles. The lowest BCUT2D eigenvalue weighted by molar-refractivity contribution is -0.116. The van der Waals surface area contributed by atoms with Gasteiger partial charge in [0.15, 0.2) is 0 Å². The minimum Gasteiger partial charge on any atom is -0.388 e. The van der Waals surface area contributed by atoms with Crippen LogP contribution in [0.1, 0.15) is 49.8 Å². The Bertz CT molecular complexity index is 415. The van der Waals surface area contributed by atoms with Crippen molar-refractivity contribution in [1.29, 1.82) is 0 Å². The molecule has 0 saturated heterocycles. The van der Waals surface area contributed by atoms with Gasteiger partial charge in [-0.1, -0.05) is 25.5 Å². The van der Waals surface area contributed by atoms with Crippen molar-refractivity contribution >= 4 is 11.6 Å². The second-order valence-corrected chi connectivity index (χ2v) is 4.62. The molecule has 0 fully saturated rings. The lowest BCUT2D eigenvalue weighted by Crippen LogP contribution is -2.09. The first-order valence-electron chi connectivity index (χ1n) is 6.31. The quantitative estimate of drug-likeness (QED) is 0.843. The molecule has 17 heavy (non-hydrogen) atoms. The van der Waals surface area contributed by atoms with Crippen LogP contribution in [0.5, 0.6) is 0 Å². The number of fused-ring (bicyclic) bond motifs is 1. The topological polar surface area (TPSA) is 49.3 Å². The third-order valence-electron chi connectivity index (χ3n) is 3.20. The average Bonchev–Trinajstić information content (AvgIpc) is 2.49. The predicted octanol–water partition coefficient (Wildman–Crippen LogP) is 2.79. The summed E-state index contributed by atoms with van der Waals surface area (Å²) in [6.07, 6.45) is 3.73. The Morgan fingerprint density at radius 1 is 1.41 bits per heavy atom. The monoisotopic (exact) mass is 233 g/mol. The highest BCUT2D eigenvalue weighted by atomic mass is 16.3. The molecular formula is C14H19NO2. The lowest BCUT2D eigenvalue weighted by Gasteiger charge is -2.13. The Kier molecular flexibility index (Phi) is 3.79. The summed E-state index contributed by atoms with van der Waals surface area (Å²) in [5, 5.41) is 12.9. The molecule has 0 spiro atoms. The van der Waals surface area contributed by atoms with Crippen LogP contribution < -0.4 is 5.32 Å². The fraction of sp³-hybridized carbons (Fsp3) is 0.500. The molecule has 2 N–H and O–H groups in total. The standard InChI is InChI=1S/C14H19NO2/c1-2-4-13(16)11-7-8-12-10(9-11)5-3-6-14(17)15-12/h7-9,13,16H,2-6H2,1H3,(H,15,17). The molecule has 92 valence electrons. The summed E-state index contributed by atoms with van der Waals surface area (Å²) in [7, 11) is 0.